The summed E-state index contributed by atoms with van der Waals surface area (Å²) in [4.78, 5) is 0. The van der Waals surface area contributed by atoms with Gasteiger partial charge in [0.15, 0.2) is 0 Å². The van der Waals surface area contributed by atoms with Crippen molar-refractivity contribution in [2.45, 2.75) is 0 Å². The fourth-order valence-corrected chi connectivity index (χ4v) is 0.129. The summed E-state index contributed by atoms with van der Waals surface area (Å²) < 4.78 is 18.6. The van der Waals surface area contributed by atoms with Gasteiger partial charge in [-0.15, -0.1) is 0 Å². The number of hydrogen-bond donors (Lipinski definition) is 1. The molecule has 7 heavy (non-hydrogen) atoms. The molecule has 0 rings (SSSR count). The van der Waals surface area contributed by atoms with Crippen LogP contribution in [0.3, 0.4) is 0 Å². The molecule has 2 N–H and O–H groups in total. The molecule has 5 heteroatoms. The molecule has 0 radical (unpaired) electrons. The number of nitrogens with two attached hydrogens (primary N) is 1. The van der Waals surface area contributed by atoms with Crippen molar-refractivity contribution in [2.75, 3.05) is 13.8 Å². The maximum absolute atomic E-state index is 10.4. The Morgan fingerprint density at radius 2 is 2.14 bits per heavy atom. The predicted molar refractivity (Wildman–Crippen MR) is 25.8 cm³/mol. The van der Waals surface area contributed by atoms with Crippen LogP contribution in [0, 0.1) is 0 Å². The summed E-state index contributed by atoms with van der Waals surface area (Å²) in [5, 5.41) is 0. The molecule has 0 spiro atoms. The summed E-state index contributed by atoms with van der Waals surface area (Å²) in [5.74, 6) is 4.53. The lowest BCUT2D eigenvalue weighted by atomic mass is 11.8. The molecule has 0 saturated carbocycles. The lowest BCUT2D eigenvalue weighted by molar-refractivity contribution is 0.245. The van der Waals surface area contributed by atoms with Gasteiger partial charge in [0.1, 0.15) is 0 Å². The van der Waals surface area contributed by atoms with Gasteiger partial charge in [-0.05, 0) is 0 Å². The highest BCUT2D eigenvalue weighted by atomic mass is 31.2. The van der Waals surface area contributed by atoms with Gasteiger partial charge in [0.25, 0.3) is 0 Å². The van der Waals surface area contributed by atoms with Crippen LogP contribution in [-0.4, -0.2) is 13.8 Å². The monoisotopic (exact) mass is 125 g/mol. The van der Waals surface area contributed by atoms with E-state index in [0.717, 1.165) is 0 Å². The van der Waals surface area contributed by atoms with Crippen molar-refractivity contribution in [1.82, 2.24) is 0 Å². The molecule has 0 heterocycles. The van der Waals surface area contributed by atoms with Gasteiger partial charge in [-0.3, -0.25) is 4.57 Å². The third-order valence-corrected chi connectivity index (χ3v) is 1.57. The van der Waals surface area contributed by atoms with Gasteiger partial charge in [0, 0.05) is 13.8 Å². The van der Waals surface area contributed by atoms with Crippen LogP contribution in [0.15, 0.2) is 0 Å². The van der Waals surface area contributed by atoms with E-state index in [1.807, 2.05) is 0 Å². The molecular weight excluding hydrogens is 117 g/mol. The van der Waals surface area contributed by atoms with Crippen LogP contribution in [-0.2, 0) is 13.7 Å². The van der Waals surface area contributed by atoms with E-state index in [0.29, 0.717) is 0 Å². The van der Waals surface area contributed by atoms with Crippen LogP contribution in [0.5, 0.6) is 0 Å². The quantitative estimate of drug-likeness (QED) is 0.427. The van der Waals surface area contributed by atoms with Gasteiger partial charge in [-0.25, -0.2) is 10.5 Å². The Kier molecular flexibility index (Phi) is 2.46. The van der Waals surface area contributed by atoms with Crippen LogP contribution in [0.1, 0.15) is 0 Å². The zero-order valence-corrected chi connectivity index (χ0v) is 5.14. The molecule has 0 aromatic carbocycles. The minimum Gasteiger partial charge on any atom is -0.311 e. The standard InChI is InChI=1S/C2H8NO3P/c1-5-7(2,4)6-3/h3H2,1-2H3. The van der Waals surface area contributed by atoms with Crippen molar-refractivity contribution < 1.29 is 13.7 Å². The molecule has 0 saturated heterocycles. The fraction of sp³-hybridized carbons (Fsp3) is 1.00. The van der Waals surface area contributed by atoms with E-state index in [4.69, 9.17) is 0 Å². The Morgan fingerprint density at radius 3 is 2.14 bits per heavy atom. The minimum absolute atomic E-state index is 1.27. The van der Waals surface area contributed by atoms with Gasteiger partial charge in [-0.1, -0.05) is 0 Å². The third-order valence-electron chi connectivity index (χ3n) is 0.523. The lowest BCUT2D eigenvalue weighted by Crippen LogP contribution is -1.96. The van der Waals surface area contributed by atoms with E-state index in [1.165, 1.54) is 13.8 Å². The lowest BCUT2D eigenvalue weighted by Gasteiger charge is -2.03. The third kappa shape index (κ3) is 2.76. The highest BCUT2D eigenvalue weighted by Gasteiger charge is 2.10. The number of hydrogen-bond acceptors (Lipinski definition) is 4. The summed E-state index contributed by atoms with van der Waals surface area (Å²) in [6, 6.07) is 0. The van der Waals surface area contributed by atoms with E-state index in [1.54, 1.807) is 0 Å². The van der Waals surface area contributed by atoms with E-state index in [9.17, 15) is 4.57 Å². The Balaban J connectivity index is 3.61. The van der Waals surface area contributed by atoms with Gasteiger partial charge >= 0.3 is 7.60 Å². The smallest absolute Gasteiger partial charge is 0.311 e. The highest BCUT2D eigenvalue weighted by Crippen LogP contribution is 2.39. The molecule has 0 aliphatic carbocycles. The maximum atomic E-state index is 10.4. The second-order valence-corrected chi connectivity index (χ2v) is 3.18. The average Bonchev–Trinajstić information content (AvgIpc) is 1.68. The van der Waals surface area contributed by atoms with Crippen molar-refractivity contribution in [3.8, 4) is 0 Å². The molecule has 0 amide bonds. The van der Waals surface area contributed by atoms with E-state index in [2.05, 4.69) is 15.0 Å². The zero-order valence-electron chi connectivity index (χ0n) is 4.25. The Labute approximate surface area is 42.1 Å². The van der Waals surface area contributed by atoms with Crippen molar-refractivity contribution in [2.24, 2.45) is 5.90 Å². The van der Waals surface area contributed by atoms with E-state index in [-0.39, 0.29) is 0 Å². The average molecular weight is 125 g/mol. The SMILES string of the molecule is COP(C)(=O)ON. The highest BCUT2D eigenvalue weighted by molar-refractivity contribution is 7.52. The first-order valence-corrected chi connectivity index (χ1v) is 3.63. The summed E-state index contributed by atoms with van der Waals surface area (Å²) >= 11 is 0. The summed E-state index contributed by atoms with van der Waals surface area (Å²) in [6.07, 6.45) is 0. The minimum atomic E-state index is -2.88. The molecule has 1 unspecified atom stereocenters. The molecular formula is C2H8NO3P. The molecule has 0 aromatic heterocycles. The van der Waals surface area contributed by atoms with E-state index >= 15 is 0 Å². The van der Waals surface area contributed by atoms with Crippen molar-refractivity contribution in [1.29, 1.82) is 0 Å². The first kappa shape index (κ1) is 7.11. The zero-order chi connectivity index (χ0) is 5.91. The molecule has 4 nitrogen and oxygen atoms in total. The van der Waals surface area contributed by atoms with Crippen molar-refractivity contribution in [3.05, 3.63) is 0 Å². The maximum Gasteiger partial charge on any atom is 0.343 e. The van der Waals surface area contributed by atoms with Crippen LogP contribution in [0.4, 0.5) is 0 Å². The van der Waals surface area contributed by atoms with Crippen LogP contribution < -0.4 is 5.90 Å². The van der Waals surface area contributed by atoms with E-state index < -0.39 is 7.60 Å². The first-order valence-electron chi connectivity index (χ1n) is 1.64. The van der Waals surface area contributed by atoms with Crippen molar-refractivity contribution >= 4 is 7.60 Å². The Bertz CT molecular complexity index is 84.9. The summed E-state index contributed by atoms with van der Waals surface area (Å²) in [6.45, 7) is 1.28. The van der Waals surface area contributed by atoms with Gasteiger partial charge in [-0.2, -0.15) is 0 Å². The molecule has 0 fully saturated rings. The molecule has 0 bridgehead atoms. The molecule has 1 atom stereocenters. The molecule has 0 aromatic rings. The van der Waals surface area contributed by atoms with Gasteiger partial charge in [0.05, 0.1) is 0 Å². The van der Waals surface area contributed by atoms with Crippen molar-refractivity contribution in [3.63, 3.8) is 0 Å². The van der Waals surface area contributed by atoms with Gasteiger partial charge < -0.3 is 4.52 Å². The summed E-state index contributed by atoms with van der Waals surface area (Å²) in [5.41, 5.74) is 0. The predicted octanol–water partition coefficient (Wildman–Crippen LogP) is 0.346. The second kappa shape index (κ2) is 2.43. The molecule has 44 valence electrons. The van der Waals surface area contributed by atoms with Gasteiger partial charge in [0.2, 0.25) is 0 Å². The van der Waals surface area contributed by atoms with Crippen LogP contribution >= 0.6 is 7.60 Å². The van der Waals surface area contributed by atoms with Crippen LogP contribution in [0.2, 0.25) is 0 Å². The normalized spacial score (nSPS) is 18.7. The summed E-state index contributed by atoms with van der Waals surface area (Å²) in [7, 11) is -1.61. The largest absolute Gasteiger partial charge is 0.343 e. The topological polar surface area (TPSA) is 61.5 Å². The molecule has 0 aliphatic rings. The second-order valence-electron chi connectivity index (χ2n) is 1.06. The first-order chi connectivity index (χ1) is 3.12. The Morgan fingerprint density at radius 1 is 1.71 bits per heavy atom. The van der Waals surface area contributed by atoms with Crippen LogP contribution in [0.25, 0.3) is 0 Å². The molecule has 0 aliphatic heterocycles. The fourth-order valence-electron chi connectivity index (χ4n) is 0.0430. The number of rotatable bonds is 2. The Hall–Kier alpha value is 0.110.